The highest BCUT2D eigenvalue weighted by Crippen LogP contribution is 2.43. The topological polar surface area (TPSA) is 55.4 Å². The van der Waals surface area contributed by atoms with Gasteiger partial charge < -0.3 is 26.6 Å². The molecule has 2 atom stereocenters. The lowest BCUT2D eigenvalue weighted by Gasteiger charge is -2.43. The van der Waals surface area contributed by atoms with E-state index < -0.39 is 15.9 Å². The van der Waals surface area contributed by atoms with Crippen molar-refractivity contribution in [2.75, 3.05) is 26.4 Å². The van der Waals surface area contributed by atoms with E-state index >= 15 is 0 Å². The van der Waals surface area contributed by atoms with Gasteiger partial charge in [0.15, 0.2) is 0 Å². The van der Waals surface area contributed by atoms with Crippen LogP contribution in [0.4, 0.5) is 0 Å². The SMILES string of the molecule is CCCCCCCCCCCCC(C)(CC)O[Si](OCC)(OCC)S[Si](OCC)(OCC)OC(C)(CC)CCCCCCCCCCCC. The lowest BCUT2D eigenvalue weighted by molar-refractivity contribution is -0.0174. The van der Waals surface area contributed by atoms with E-state index in [9.17, 15) is 0 Å². The van der Waals surface area contributed by atoms with Crippen LogP contribution in [-0.4, -0.2) is 53.5 Å². The predicted octanol–water partition coefficient (Wildman–Crippen LogP) is 13.7. The first-order valence-electron chi connectivity index (χ1n) is 21.3. The second kappa shape index (κ2) is 30.9. The molecule has 296 valence electrons. The fourth-order valence-corrected chi connectivity index (χ4v) is 20.7. The van der Waals surface area contributed by atoms with E-state index in [1.165, 1.54) is 126 Å². The van der Waals surface area contributed by atoms with Crippen molar-refractivity contribution in [3.63, 3.8) is 0 Å². The van der Waals surface area contributed by atoms with Crippen molar-refractivity contribution in [2.24, 2.45) is 0 Å². The van der Waals surface area contributed by atoms with Gasteiger partial charge in [-0.2, -0.15) is 0 Å². The maximum absolute atomic E-state index is 7.15. The summed E-state index contributed by atoms with van der Waals surface area (Å²) in [6, 6.07) is 0. The molecule has 9 heteroatoms. The molecule has 6 nitrogen and oxygen atoms in total. The first kappa shape index (κ1) is 49.5. The monoisotopic (exact) mass is 751 g/mol. The first-order valence-corrected chi connectivity index (χ1v) is 27.0. The summed E-state index contributed by atoms with van der Waals surface area (Å²) >= 11 is 0. The normalized spacial score (nSPS) is 15.1. The molecule has 0 saturated carbocycles. The molecule has 0 spiro atoms. The van der Waals surface area contributed by atoms with Crippen LogP contribution < -0.4 is 0 Å². The Morgan fingerprint density at radius 3 is 0.837 bits per heavy atom. The summed E-state index contributed by atoms with van der Waals surface area (Å²) in [6.45, 7) is 23.7. The van der Waals surface area contributed by atoms with E-state index in [2.05, 4.69) is 41.5 Å². The average Bonchev–Trinajstić information content (AvgIpc) is 3.07. The van der Waals surface area contributed by atoms with Crippen LogP contribution in [0.5, 0.6) is 0 Å². The molecular weight excluding hydrogens is 665 g/mol. The Morgan fingerprint density at radius 2 is 0.612 bits per heavy atom. The van der Waals surface area contributed by atoms with Gasteiger partial charge in [0, 0.05) is 26.4 Å². The quantitative estimate of drug-likeness (QED) is 0.0460. The molecule has 0 bridgehead atoms. The van der Waals surface area contributed by atoms with Gasteiger partial charge in [-0.1, -0.05) is 156 Å². The third-order valence-electron chi connectivity index (χ3n) is 9.89. The zero-order chi connectivity index (χ0) is 36.7. The van der Waals surface area contributed by atoms with E-state index in [4.69, 9.17) is 26.6 Å². The maximum atomic E-state index is 7.15. The van der Waals surface area contributed by atoms with Crippen LogP contribution in [0.2, 0.25) is 0 Å². The van der Waals surface area contributed by atoms with Crippen molar-refractivity contribution in [3.8, 4) is 0 Å². The Labute approximate surface area is 313 Å². The summed E-state index contributed by atoms with van der Waals surface area (Å²) < 4.78 is 40.6. The number of unbranched alkanes of at least 4 members (excludes halogenated alkanes) is 18. The standard InChI is InChI=1S/C40H86O6SSi2/c1-11-19-21-23-25-27-29-31-33-35-37-39(9,13-3)45-48(41-15-5,42-16-6)47-49(43-17-7,44-18-8)46-40(10,14-4)38-36-34-32-30-28-26-24-22-20-12-2/h11-38H2,1-10H3. The van der Waals surface area contributed by atoms with Crippen LogP contribution in [0.25, 0.3) is 0 Å². The zero-order valence-corrected chi connectivity index (χ0v) is 37.5. The van der Waals surface area contributed by atoms with Crippen LogP contribution >= 0.6 is 10.7 Å². The van der Waals surface area contributed by atoms with E-state index in [-0.39, 0.29) is 11.2 Å². The van der Waals surface area contributed by atoms with Crippen LogP contribution in [0, 0.1) is 0 Å². The third kappa shape index (κ3) is 23.7. The minimum Gasteiger partial charge on any atom is -0.366 e. The molecule has 0 aliphatic heterocycles. The lowest BCUT2D eigenvalue weighted by atomic mass is 9.95. The predicted molar refractivity (Wildman–Crippen MR) is 218 cm³/mol. The summed E-state index contributed by atoms with van der Waals surface area (Å²) in [5.41, 5.74) is -0.710. The van der Waals surface area contributed by atoms with Crippen LogP contribution in [-0.2, 0) is 26.6 Å². The van der Waals surface area contributed by atoms with Gasteiger partial charge in [0.1, 0.15) is 0 Å². The fraction of sp³-hybridized carbons (Fsp3) is 1.00. The molecule has 0 rings (SSSR count). The minimum absolute atomic E-state index is 0.355. The number of hydrogen-bond acceptors (Lipinski definition) is 7. The Bertz CT molecular complexity index is 665. The molecule has 0 aromatic carbocycles. The minimum atomic E-state index is -3.33. The summed E-state index contributed by atoms with van der Waals surface area (Å²) in [5, 5.41) is 0. The van der Waals surface area contributed by atoms with Crippen LogP contribution in [0.15, 0.2) is 0 Å². The van der Waals surface area contributed by atoms with Gasteiger partial charge in [-0.25, -0.2) is 0 Å². The van der Waals surface area contributed by atoms with Crippen molar-refractivity contribution in [3.05, 3.63) is 0 Å². The molecule has 0 aliphatic rings. The molecule has 0 fully saturated rings. The van der Waals surface area contributed by atoms with Crippen LogP contribution in [0.1, 0.15) is 223 Å². The van der Waals surface area contributed by atoms with Crippen molar-refractivity contribution < 1.29 is 26.6 Å². The molecule has 0 N–H and O–H groups in total. The average molecular weight is 751 g/mol. The van der Waals surface area contributed by atoms with Crippen molar-refractivity contribution in [2.45, 2.75) is 235 Å². The van der Waals surface area contributed by atoms with E-state index in [1.54, 1.807) is 0 Å². The van der Waals surface area contributed by atoms with Crippen molar-refractivity contribution >= 4 is 26.6 Å². The van der Waals surface area contributed by atoms with E-state index in [0.29, 0.717) is 26.4 Å². The maximum Gasteiger partial charge on any atom is 0.574 e. The molecule has 0 aliphatic carbocycles. The smallest absolute Gasteiger partial charge is 0.366 e. The first-order chi connectivity index (χ1) is 23.6. The van der Waals surface area contributed by atoms with Gasteiger partial charge in [0.2, 0.25) is 0 Å². The molecular formula is C40H86O6SSi2. The van der Waals surface area contributed by atoms with Gasteiger partial charge >= 0.3 is 15.9 Å². The van der Waals surface area contributed by atoms with Crippen molar-refractivity contribution in [1.29, 1.82) is 0 Å². The Balaban J connectivity index is 5.59. The molecule has 0 heterocycles. The largest absolute Gasteiger partial charge is 0.574 e. The second-order valence-electron chi connectivity index (χ2n) is 14.5. The van der Waals surface area contributed by atoms with E-state index in [0.717, 1.165) is 38.5 Å². The Morgan fingerprint density at radius 1 is 0.367 bits per heavy atom. The highest BCUT2D eigenvalue weighted by molar-refractivity contribution is 8.46. The molecule has 0 aromatic rings. The summed E-state index contributed by atoms with van der Waals surface area (Å²) in [5.74, 6) is 0. The Hall–Kier alpha value is 0.544. The number of hydrogen-bond donors (Lipinski definition) is 0. The number of rotatable bonds is 38. The van der Waals surface area contributed by atoms with Gasteiger partial charge in [-0.15, -0.1) is 0 Å². The fourth-order valence-electron chi connectivity index (χ4n) is 6.40. The van der Waals surface area contributed by atoms with Crippen molar-refractivity contribution in [1.82, 2.24) is 0 Å². The van der Waals surface area contributed by atoms with Crippen LogP contribution in [0.3, 0.4) is 0 Å². The molecule has 0 radical (unpaired) electrons. The molecule has 0 aromatic heterocycles. The highest BCUT2D eigenvalue weighted by Gasteiger charge is 2.61. The molecule has 0 amide bonds. The highest BCUT2D eigenvalue weighted by atomic mass is 32.5. The zero-order valence-electron chi connectivity index (χ0n) is 34.7. The third-order valence-corrected chi connectivity index (χ3v) is 22.4. The van der Waals surface area contributed by atoms with Gasteiger partial charge in [0.05, 0.1) is 11.2 Å². The van der Waals surface area contributed by atoms with Gasteiger partial charge in [-0.05, 0) is 77.9 Å². The van der Waals surface area contributed by atoms with E-state index in [1.807, 2.05) is 27.7 Å². The summed E-state index contributed by atoms with van der Waals surface area (Å²) in [7, 11) is -5.14. The second-order valence-corrected chi connectivity index (χ2v) is 23.7. The molecule has 2 unspecified atom stereocenters. The van der Waals surface area contributed by atoms with Gasteiger partial charge in [-0.3, -0.25) is 0 Å². The lowest BCUT2D eigenvalue weighted by Crippen LogP contribution is -2.59. The summed E-state index contributed by atoms with van der Waals surface area (Å²) in [4.78, 5) is 0. The molecule has 0 saturated heterocycles. The van der Waals surface area contributed by atoms with Gasteiger partial charge in [0.25, 0.3) is 0 Å². The molecule has 49 heavy (non-hydrogen) atoms. The Kier molecular flexibility index (Phi) is 31.3. The summed E-state index contributed by atoms with van der Waals surface area (Å²) in [6.07, 6.45) is 30.3.